The van der Waals surface area contributed by atoms with Crippen molar-refractivity contribution in [1.29, 1.82) is 0 Å². The maximum atomic E-state index is 11.1. The first-order chi connectivity index (χ1) is 7.65. The standard InChI is InChI=1S/C13H16O3/c1-2-11-9-13(15-11)8-7-12(16-13)5-3-10(14)4-6-12/h3-6,11H,2,7-9H2,1H3. The summed E-state index contributed by atoms with van der Waals surface area (Å²) in [6, 6.07) is 0. The van der Waals surface area contributed by atoms with Crippen LogP contribution in [-0.2, 0) is 14.3 Å². The zero-order valence-corrected chi connectivity index (χ0v) is 9.44. The molecule has 86 valence electrons. The summed E-state index contributed by atoms with van der Waals surface area (Å²) in [4.78, 5) is 11.1. The van der Waals surface area contributed by atoms with Gasteiger partial charge in [0.1, 0.15) is 5.60 Å². The number of allylic oxidation sites excluding steroid dienone is 2. The molecule has 3 heteroatoms. The fourth-order valence-corrected chi connectivity index (χ4v) is 2.72. The van der Waals surface area contributed by atoms with Gasteiger partial charge in [-0.25, -0.2) is 0 Å². The lowest BCUT2D eigenvalue weighted by Gasteiger charge is -2.45. The second-order valence-electron chi connectivity index (χ2n) is 4.89. The summed E-state index contributed by atoms with van der Waals surface area (Å²) in [5, 5.41) is 0. The molecule has 0 saturated carbocycles. The van der Waals surface area contributed by atoms with Crippen LogP contribution in [0.15, 0.2) is 24.3 Å². The molecule has 2 unspecified atom stereocenters. The Labute approximate surface area is 95.1 Å². The molecule has 0 bridgehead atoms. The van der Waals surface area contributed by atoms with E-state index in [1.807, 2.05) is 12.2 Å². The SMILES string of the molecule is CCC1CC2(CCC3(C=CC(=O)C=C3)O2)O1. The summed E-state index contributed by atoms with van der Waals surface area (Å²) in [5.41, 5.74) is -0.382. The molecule has 2 atom stereocenters. The van der Waals surface area contributed by atoms with E-state index >= 15 is 0 Å². The van der Waals surface area contributed by atoms with E-state index in [9.17, 15) is 4.79 Å². The average Bonchev–Trinajstić information content (AvgIpc) is 2.61. The van der Waals surface area contributed by atoms with Gasteiger partial charge in [-0.3, -0.25) is 4.79 Å². The van der Waals surface area contributed by atoms with Crippen molar-refractivity contribution in [3.63, 3.8) is 0 Å². The monoisotopic (exact) mass is 220 g/mol. The third-order valence-electron chi connectivity index (χ3n) is 3.71. The number of hydrogen-bond acceptors (Lipinski definition) is 3. The summed E-state index contributed by atoms with van der Waals surface area (Å²) < 4.78 is 11.9. The van der Waals surface area contributed by atoms with Crippen LogP contribution in [0.1, 0.15) is 32.6 Å². The lowest BCUT2D eigenvalue weighted by Crippen LogP contribution is -2.51. The van der Waals surface area contributed by atoms with E-state index in [2.05, 4.69) is 6.92 Å². The van der Waals surface area contributed by atoms with E-state index in [1.165, 1.54) is 0 Å². The zero-order valence-electron chi connectivity index (χ0n) is 9.44. The smallest absolute Gasteiger partial charge is 0.178 e. The van der Waals surface area contributed by atoms with Crippen LogP contribution in [-0.4, -0.2) is 23.3 Å². The van der Waals surface area contributed by atoms with E-state index in [4.69, 9.17) is 9.47 Å². The predicted octanol–water partition coefficient (Wildman–Crippen LogP) is 2.13. The maximum absolute atomic E-state index is 11.1. The van der Waals surface area contributed by atoms with E-state index < -0.39 is 0 Å². The fourth-order valence-electron chi connectivity index (χ4n) is 2.72. The van der Waals surface area contributed by atoms with Crippen molar-refractivity contribution in [2.45, 2.75) is 50.1 Å². The third kappa shape index (κ3) is 1.46. The van der Waals surface area contributed by atoms with Crippen molar-refractivity contribution < 1.29 is 14.3 Å². The van der Waals surface area contributed by atoms with Crippen molar-refractivity contribution in [3.05, 3.63) is 24.3 Å². The number of hydrogen-bond donors (Lipinski definition) is 0. The van der Waals surface area contributed by atoms with Crippen molar-refractivity contribution in [1.82, 2.24) is 0 Å². The van der Waals surface area contributed by atoms with E-state index in [1.54, 1.807) is 12.2 Å². The number of carbonyl (C=O) groups excluding carboxylic acids is 1. The Morgan fingerprint density at radius 3 is 2.69 bits per heavy atom. The fraction of sp³-hybridized carbons (Fsp3) is 0.615. The minimum Gasteiger partial charge on any atom is -0.346 e. The highest BCUT2D eigenvalue weighted by Crippen LogP contribution is 2.50. The topological polar surface area (TPSA) is 35.5 Å². The minimum atomic E-state index is -0.382. The number of carbonyl (C=O) groups is 1. The normalized spacial score (nSPS) is 39.6. The molecule has 0 aromatic heterocycles. The molecule has 0 N–H and O–H groups in total. The highest BCUT2D eigenvalue weighted by molar-refractivity contribution is 6.00. The van der Waals surface area contributed by atoms with Gasteiger partial charge in [-0.1, -0.05) is 6.92 Å². The molecule has 0 amide bonds. The number of ether oxygens (including phenoxy) is 2. The van der Waals surface area contributed by atoms with Crippen LogP contribution in [0.2, 0.25) is 0 Å². The molecule has 0 aromatic rings. The van der Waals surface area contributed by atoms with E-state index in [0.717, 1.165) is 25.7 Å². The Bertz CT molecular complexity index is 359. The van der Waals surface area contributed by atoms with Gasteiger partial charge in [0.25, 0.3) is 0 Å². The number of ketones is 1. The predicted molar refractivity (Wildman–Crippen MR) is 58.8 cm³/mol. The molecule has 2 fully saturated rings. The number of rotatable bonds is 1. The van der Waals surface area contributed by atoms with Gasteiger partial charge in [0.15, 0.2) is 11.6 Å². The Morgan fingerprint density at radius 2 is 2.06 bits per heavy atom. The molecular weight excluding hydrogens is 204 g/mol. The van der Waals surface area contributed by atoms with Crippen molar-refractivity contribution >= 4 is 5.78 Å². The van der Waals surface area contributed by atoms with Crippen LogP contribution >= 0.6 is 0 Å². The minimum absolute atomic E-state index is 0.0381. The highest BCUT2D eigenvalue weighted by atomic mass is 16.7. The lowest BCUT2D eigenvalue weighted by molar-refractivity contribution is -0.337. The second kappa shape index (κ2) is 3.28. The van der Waals surface area contributed by atoms with Crippen LogP contribution in [0.3, 0.4) is 0 Å². The van der Waals surface area contributed by atoms with Crippen molar-refractivity contribution in [2.24, 2.45) is 0 Å². The Balaban J connectivity index is 1.72. The molecule has 2 aliphatic heterocycles. The quantitative estimate of drug-likeness (QED) is 0.679. The van der Waals surface area contributed by atoms with Gasteiger partial charge < -0.3 is 9.47 Å². The third-order valence-corrected chi connectivity index (χ3v) is 3.71. The van der Waals surface area contributed by atoms with Crippen LogP contribution in [0.25, 0.3) is 0 Å². The molecule has 2 heterocycles. The molecule has 0 aromatic carbocycles. The van der Waals surface area contributed by atoms with Gasteiger partial charge in [-0.05, 0) is 37.1 Å². The maximum Gasteiger partial charge on any atom is 0.178 e. The molecule has 2 spiro atoms. The Hall–Kier alpha value is -0.930. The van der Waals surface area contributed by atoms with Gasteiger partial charge in [0, 0.05) is 12.8 Å². The molecule has 3 aliphatic rings. The summed E-state index contributed by atoms with van der Waals surface area (Å²) in [5.74, 6) is -0.327. The first-order valence-corrected chi connectivity index (χ1v) is 5.96. The largest absolute Gasteiger partial charge is 0.346 e. The first kappa shape index (κ1) is 10.2. The van der Waals surface area contributed by atoms with Crippen LogP contribution < -0.4 is 0 Å². The molecule has 1 aliphatic carbocycles. The molecule has 2 saturated heterocycles. The van der Waals surface area contributed by atoms with Crippen LogP contribution in [0, 0.1) is 0 Å². The average molecular weight is 220 g/mol. The zero-order chi connectivity index (χ0) is 11.2. The summed E-state index contributed by atoms with van der Waals surface area (Å²) in [7, 11) is 0. The molecular formula is C13H16O3. The second-order valence-corrected chi connectivity index (χ2v) is 4.89. The van der Waals surface area contributed by atoms with E-state index in [-0.39, 0.29) is 17.2 Å². The van der Waals surface area contributed by atoms with Gasteiger partial charge >= 0.3 is 0 Å². The summed E-state index contributed by atoms with van der Waals surface area (Å²) in [6.45, 7) is 2.13. The summed E-state index contributed by atoms with van der Waals surface area (Å²) in [6.07, 6.45) is 11.1. The Kier molecular flexibility index (Phi) is 2.10. The van der Waals surface area contributed by atoms with Crippen LogP contribution in [0.4, 0.5) is 0 Å². The van der Waals surface area contributed by atoms with Crippen molar-refractivity contribution in [3.8, 4) is 0 Å². The van der Waals surface area contributed by atoms with Crippen LogP contribution in [0.5, 0.6) is 0 Å². The van der Waals surface area contributed by atoms with Gasteiger partial charge in [-0.15, -0.1) is 0 Å². The Morgan fingerprint density at radius 1 is 1.38 bits per heavy atom. The first-order valence-electron chi connectivity index (χ1n) is 5.96. The molecule has 0 radical (unpaired) electrons. The van der Waals surface area contributed by atoms with Gasteiger partial charge in [0.05, 0.1) is 6.10 Å². The molecule has 3 nitrogen and oxygen atoms in total. The van der Waals surface area contributed by atoms with Gasteiger partial charge in [0.2, 0.25) is 0 Å². The van der Waals surface area contributed by atoms with E-state index in [0.29, 0.717) is 6.10 Å². The van der Waals surface area contributed by atoms with Crippen molar-refractivity contribution in [2.75, 3.05) is 0 Å². The highest BCUT2D eigenvalue weighted by Gasteiger charge is 2.55. The summed E-state index contributed by atoms with van der Waals surface area (Å²) >= 11 is 0. The lowest BCUT2D eigenvalue weighted by atomic mass is 9.92. The molecule has 3 rings (SSSR count). The molecule has 16 heavy (non-hydrogen) atoms. The van der Waals surface area contributed by atoms with Gasteiger partial charge in [-0.2, -0.15) is 0 Å².